The van der Waals surface area contributed by atoms with Gasteiger partial charge in [-0.3, -0.25) is 9.78 Å². The number of benzene rings is 2. The van der Waals surface area contributed by atoms with E-state index >= 15 is 0 Å². The molecule has 1 amide bonds. The number of nitrogens with one attached hydrogen (secondary N) is 1. The number of hydrogen-bond donors (Lipinski definition) is 1. The lowest BCUT2D eigenvalue weighted by molar-refractivity contribution is -0.116. The summed E-state index contributed by atoms with van der Waals surface area (Å²) in [6.45, 7) is 0.419. The molecule has 1 N–H and O–H groups in total. The van der Waals surface area contributed by atoms with Crippen molar-refractivity contribution < 1.29 is 9.53 Å². The molecule has 0 aliphatic carbocycles. The van der Waals surface area contributed by atoms with Crippen LogP contribution in [0.3, 0.4) is 0 Å². The Kier molecular flexibility index (Phi) is 5.40. The van der Waals surface area contributed by atoms with Crippen LogP contribution in [-0.2, 0) is 11.2 Å². The predicted molar refractivity (Wildman–Crippen MR) is 111 cm³/mol. The number of carbonyl (C=O) groups is 1. The fraction of sp³-hybridized carbons (Fsp3) is 0.130. The van der Waals surface area contributed by atoms with E-state index in [1.54, 1.807) is 18.5 Å². The van der Waals surface area contributed by atoms with Crippen molar-refractivity contribution in [1.29, 1.82) is 0 Å². The first-order valence-electron chi connectivity index (χ1n) is 9.09. The lowest BCUT2D eigenvalue weighted by Crippen LogP contribution is -2.33. The Morgan fingerprint density at radius 1 is 1.18 bits per heavy atom. The summed E-state index contributed by atoms with van der Waals surface area (Å²) in [5.74, 6) is 0.547. The Morgan fingerprint density at radius 2 is 2.04 bits per heavy atom. The quantitative estimate of drug-likeness (QED) is 0.651. The summed E-state index contributed by atoms with van der Waals surface area (Å²) in [6, 6.07) is 17.9. The van der Waals surface area contributed by atoms with E-state index in [-0.39, 0.29) is 12.0 Å². The van der Waals surface area contributed by atoms with E-state index < -0.39 is 0 Å². The number of amides is 1. The van der Waals surface area contributed by atoms with E-state index in [1.165, 1.54) is 6.08 Å². The fourth-order valence-corrected chi connectivity index (χ4v) is 3.50. The van der Waals surface area contributed by atoms with Gasteiger partial charge in [-0.1, -0.05) is 48.0 Å². The molecule has 1 atom stereocenters. The topological polar surface area (TPSA) is 51.2 Å². The molecule has 0 radical (unpaired) electrons. The Bertz CT molecular complexity index is 1000. The van der Waals surface area contributed by atoms with Gasteiger partial charge in [0.15, 0.2) is 0 Å². The van der Waals surface area contributed by atoms with Crippen LogP contribution in [-0.4, -0.2) is 23.5 Å². The van der Waals surface area contributed by atoms with Crippen molar-refractivity contribution >= 4 is 23.6 Å². The average molecular weight is 391 g/mol. The van der Waals surface area contributed by atoms with Crippen LogP contribution >= 0.6 is 11.6 Å². The summed E-state index contributed by atoms with van der Waals surface area (Å²) in [4.78, 5) is 16.1. The van der Waals surface area contributed by atoms with E-state index in [2.05, 4.69) is 28.5 Å². The van der Waals surface area contributed by atoms with Gasteiger partial charge in [-0.05, 0) is 41.0 Å². The predicted octanol–water partition coefficient (Wildman–Crippen LogP) is 4.54. The van der Waals surface area contributed by atoms with Gasteiger partial charge in [0.25, 0.3) is 0 Å². The SMILES string of the molecule is O=C(C=Cc1cccnc1)NCC1Cc2cc(-c3ccccc3)cc(Cl)c2O1. The van der Waals surface area contributed by atoms with Crippen molar-refractivity contribution in [2.24, 2.45) is 0 Å². The van der Waals surface area contributed by atoms with Gasteiger partial charge in [-0.2, -0.15) is 0 Å². The molecule has 1 aliphatic heterocycles. The van der Waals surface area contributed by atoms with Gasteiger partial charge >= 0.3 is 0 Å². The molecule has 140 valence electrons. The summed E-state index contributed by atoms with van der Waals surface area (Å²) < 4.78 is 5.96. The molecular weight excluding hydrogens is 372 g/mol. The highest BCUT2D eigenvalue weighted by Gasteiger charge is 2.26. The highest BCUT2D eigenvalue weighted by Crippen LogP contribution is 2.39. The zero-order valence-electron chi connectivity index (χ0n) is 15.1. The van der Waals surface area contributed by atoms with Crippen molar-refractivity contribution in [3.63, 3.8) is 0 Å². The number of rotatable bonds is 5. The smallest absolute Gasteiger partial charge is 0.244 e. The number of halogens is 1. The molecule has 2 heterocycles. The van der Waals surface area contributed by atoms with Crippen LogP contribution in [0.25, 0.3) is 17.2 Å². The molecule has 5 heteroatoms. The Balaban J connectivity index is 1.38. The molecule has 0 bridgehead atoms. The first-order valence-corrected chi connectivity index (χ1v) is 9.47. The van der Waals surface area contributed by atoms with Gasteiger partial charge in [0.05, 0.1) is 11.6 Å². The van der Waals surface area contributed by atoms with Gasteiger partial charge in [0, 0.05) is 30.5 Å². The largest absolute Gasteiger partial charge is 0.486 e. The van der Waals surface area contributed by atoms with Crippen LogP contribution in [0.15, 0.2) is 73.1 Å². The van der Waals surface area contributed by atoms with Gasteiger partial charge in [0.2, 0.25) is 5.91 Å². The van der Waals surface area contributed by atoms with Crippen LogP contribution in [0, 0.1) is 0 Å². The second-order valence-corrected chi connectivity index (χ2v) is 7.03. The Hall–Kier alpha value is -3.11. The lowest BCUT2D eigenvalue weighted by atomic mass is 10.0. The molecule has 1 aromatic heterocycles. The zero-order valence-corrected chi connectivity index (χ0v) is 15.9. The monoisotopic (exact) mass is 390 g/mol. The van der Waals surface area contributed by atoms with Crippen molar-refractivity contribution in [3.8, 4) is 16.9 Å². The average Bonchev–Trinajstić information content (AvgIpc) is 3.16. The molecule has 3 aromatic rings. The summed E-state index contributed by atoms with van der Waals surface area (Å²) in [5, 5.41) is 3.48. The van der Waals surface area contributed by atoms with E-state index in [0.29, 0.717) is 23.7 Å². The summed E-state index contributed by atoms with van der Waals surface area (Å²) >= 11 is 6.44. The lowest BCUT2D eigenvalue weighted by Gasteiger charge is -2.11. The van der Waals surface area contributed by atoms with Gasteiger partial charge in [0.1, 0.15) is 11.9 Å². The molecule has 0 saturated heterocycles. The van der Waals surface area contributed by atoms with Gasteiger partial charge < -0.3 is 10.1 Å². The number of fused-ring (bicyclic) bond motifs is 1. The van der Waals surface area contributed by atoms with Crippen LogP contribution in [0.2, 0.25) is 5.02 Å². The van der Waals surface area contributed by atoms with E-state index in [4.69, 9.17) is 16.3 Å². The van der Waals surface area contributed by atoms with Crippen LogP contribution in [0.5, 0.6) is 5.75 Å². The van der Waals surface area contributed by atoms with Crippen LogP contribution in [0.1, 0.15) is 11.1 Å². The third-order valence-corrected chi connectivity index (χ3v) is 4.86. The zero-order chi connectivity index (χ0) is 19.3. The third-order valence-electron chi connectivity index (χ3n) is 4.58. The Morgan fingerprint density at radius 3 is 2.82 bits per heavy atom. The van der Waals surface area contributed by atoms with E-state index in [1.807, 2.05) is 36.4 Å². The molecule has 1 aliphatic rings. The van der Waals surface area contributed by atoms with Crippen LogP contribution in [0.4, 0.5) is 0 Å². The normalized spacial score (nSPS) is 15.2. The first-order chi connectivity index (χ1) is 13.7. The number of pyridine rings is 1. The third kappa shape index (κ3) is 4.24. The van der Waals surface area contributed by atoms with E-state index in [9.17, 15) is 4.79 Å². The minimum Gasteiger partial charge on any atom is -0.486 e. The molecule has 2 aromatic carbocycles. The maximum Gasteiger partial charge on any atom is 0.244 e. The molecule has 4 rings (SSSR count). The highest BCUT2D eigenvalue weighted by atomic mass is 35.5. The molecule has 0 saturated carbocycles. The molecule has 4 nitrogen and oxygen atoms in total. The maximum absolute atomic E-state index is 12.1. The fourth-order valence-electron chi connectivity index (χ4n) is 3.22. The van der Waals surface area contributed by atoms with E-state index in [0.717, 1.165) is 22.3 Å². The number of aromatic nitrogens is 1. The molecule has 28 heavy (non-hydrogen) atoms. The highest BCUT2D eigenvalue weighted by molar-refractivity contribution is 6.32. The van der Waals surface area contributed by atoms with Crippen molar-refractivity contribution in [2.75, 3.05) is 6.54 Å². The number of nitrogens with zero attached hydrogens (tertiary/aromatic N) is 1. The van der Waals surface area contributed by atoms with Crippen molar-refractivity contribution in [1.82, 2.24) is 10.3 Å². The summed E-state index contributed by atoms with van der Waals surface area (Å²) in [5.41, 5.74) is 4.13. The minimum atomic E-state index is -0.167. The maximum atomic E-state index is 12.1. The summed E-state index contributed by atoms with van der Waals surface area (Å²) in [7, 11) is 0. The van der Waals surface area contributed by atoms with Crippen molar-refractivity contribution in [3.05, 3.63) is 89.2 Å². The second-order valence-electron chi connectivity index (χ2n) is 6.62. The second kappa shape index (κ2) is 8.28. The van der Waals surface area contributed by atoms with Gasteiger partial charge in [-0.15, -0.1) is 0 Å². The molecule has 1 unspecified atom stereocenters. The molecule has 0 fully saturated rings. The Labute approximate surface area is 168 Å². The molecule has 0 spiro atoms. The van der Waals surface area contributed by atoms with Gasteiger partial charge in [-0.25, -0.2) is 0 Å². The molecular formula is C23H19ClN2O2. The summed E-state index contributed by atoms with van der Waals surface area (Å²) in [6.07, 6.45) is 7.21. The number of ether oxygens (including phenoxy) is 1. The number of hydrogen-bond acceptors (Lipinski definition) is 3. The minimum absolute atomic E-state index is 0.130. The van der Waals surface area contributed by atoms with Crippen molar-refractivity contribution in [2.45, 2.75) is 12.5 Å². The van der Waals surface area contributed by atoms with Crippen LogP contribution < -0.4 is 10.1 Å². The first kappa shape index (κ1) is 18.3. The standard InChI is InChI=1S/C23H19ClN2O2/c24-21-13-18(17-6-2-1-3-7-17)11-19-12-20(28-23(19)21)15-26-22(27)9-8-16-5-4-10-25-14-16/h1-11,13-14,20H,12,15H2,(H,26,27). The number of carbonyl (C=O) groups excluding carboxylic acids is 1.